The van der Waals surface area contributed by atoms with E-state index in [0.717, 1.165) is 67.5 Å². The highest BCUT2D eigenvalue weighted by atomic mass is 15.2. The van der Waals surface area contributed by atoms with Gasteiger partial charge >= 0.3 is 0 Å². The predicted octanol–water partition coefficient (Wildman–Crippen LogP) is 27.2. The minimum Gasteiger partial charge on any atom is -0.310 e. The average Bonchev–Trinajstić information content (AvgIpc) is 0.740. The summed E-state index contributed by atoms with van der Waals surface area (Å²) in [5.41, 5.74) is 23.1. The Morgan fingerprint density at radius 1 is 0.143 bits per heavy atom. The van der Waals surface area contributed by atoms with Crippen LogP contribution in [0.5, 0.6) is 0 Å². The highest BCUT2D eigenvalue weighted by Crippen LogP contribution is 2.49. The summed E-state index contributed by atoms with van der Waals surface area (Å²) in [6, 6.07) is 143. The summed E-state index contributed by atoms with van der Waals surface area (Å²) in [6.07, 6.45) is 0. The van der Waals surface area contributed by atoms with Crippen molar-refractivity contribution < 1.29 is 0 Å². The first-order chi connectivity index (χ1) is 48.6. The molecule has 0 N–H and O–H groups in total. The molecule has 0 aliphatic rings. The Morgan fingerprint density at radius 3 is 1.01 bits per heavy atom. The molecular weight excluding hydrogens is 1180 g/mol. The largest absolute Gasteiger partial charge is 0.310 e. The minimum absolute atomic E-state index is 1.08. The number of para-hydroxylation sites is 1. The van der Waals surface area contributed by atoms with E-state index in [1.165, 1.54) is 109 Å². The SMILES string of the molecule is c1ccc(-c2ccc(-c3ccc(N(c4ccccc4-c4ccccc4)c4cc5ccc6ccccc6c5c5cc(-c6ccc(-c7ccc(-c8ccc(N(c9cccc(-c%10ccccc%10)c9)c9cc%10ccc%11ccccc%11c%10c%10ccccc9%10)cc8)cc7)cc6)ccc45)cc3)cc2)cc1. The highest BCUT2D eigenvalue weighted by Gasteiger charge is 2.24. The van der Waals surface area contributed by atoms with Crippen molar-refractivity contribution in [3.05, 3.63) is 388 Å². The zero-order valence-electron chi connectivity index (χ0n) is 53.8. The lowest BCUT2D eigenvalue weighted by Crippen LogP contribution is -2.12. The Kier molecular flexibility index (Phi) is 14.6. The van der Waals surface area contributed by atoms with Crippen molar-refractivity contribution >= 4 is 98.8 Å². The lowest BCUT2D eigenvalue weighted by Gasteiger charge is -2.30. The monoisotopic (exact) mass is 1240 g/mol. The van der Waals surface area contributed by atoms with E-state index >= 15 is 0 Å². The molecule has 98 heavy (non-hydrogen) atoms. The Bertz CT molecular complexity index is 5990. The molecule has 0 radical (unpaired) electrons. The van der Waals surface area contributed by atoms with Gasteiger partial charge in [0.05, 0.1) is 17.1 Å². The predicted molar refractivity (Wildman–Crippen MR) is 419 cm³/mol. The van der Waals surface area contributed by atoms with E-state index < -0.39 is 0 Å². The number of rotatable bonds is 13. The van der Waals surface area contributed by atoms with Gasteiger partial charge in [-0.25, -0.2) is 0 Å². The molecule has 18 aromatic rings. The van der Waals surface area contributed by atoms with Crippen molar-refractivity contribution in [1.29, 1.82) is 0 Å². The highest BCUT2D eigenvalue weighted by molar-refractivity contribution is 6.25. The number of anilines is 6. The van der Waals surface area contributed by atoms with Gasteiger partial charge in [0.15, 0.2) is 0 Å². The van der Waals surface area contributed by atoms with Crippen LogP contribution in [0.2, 0.25) is 0 Å². The number of hydrogen-bond acceptors (Lipinski definition) is 2. The van der Waals surface area contributed by atoms with E-state index in [1.54, 1.807) is 0 Å². The molecule has 0 saturated carbocycles. The molecule has 0 heterocycles. The van der Waals surface area contributed by atoms with E-state index in [0.29, 0.717) is 0 Å². The van der Waals surface area contributed by atoms with Crippen LogP contribution in [0.1, 0.15) is 0 Å². The van der Waals surface area contributed by atoms with Gasteiger partial charge < -0.3 is 9.80 Å². The first-order valence-corrected chi connectivity index (χ1v) is 33.8. The second-order valence-corrected chi connectivity index (χ2v) is 25.5. The zero-order valence-corrected chi connectivity index (χ0v) is 53.8. The molecular formula is C96H64N2. The number of fused-ring (bicyclic) bond motifs is 10. The van der Waals surface area contributed by atoms with Crippen LogP contribution in [0.4, 0.5) is 34.1 Å². The summed E-state index contributed by atoms with van der Waals surface area (Å²) >= 11 is 0. The number of nitrogens with zero attached hydrogens (tertiary/aromatic N) is 2. The number of benzene rings is 18. The quantitative estimate of drug-likeness (QED) is 0.106. The van der Waals surface area contributed by atoms with Crippen molar-refractivity contribution in [2.45, 2.75) is 0 Å². The van der Waals surface area contributed by atoms with Crippen LogP contribution in [0.3, 0.4) is 0 Å². The lowest BCUT2D eigenvalue weighted by molar-refractivity contribution is 1.30. The molecule has 0 fully saturated rings. The van der Waals surface area contributed by atoms with Crippen LogP contribution in [-0.4, -0.2) is 0 Å². The summed E-state index contributed by atoms with van der Waals surface area (Å²) in [4.78, 5) is 4.92. The maximum atomic E-state index is 2.48. The maximum Gasteiger partial charge on any atom is 0.0546 e. The molecule has 2 heteroatoms. The van der Waals surface area contributed by atoms with Crippen LogP contribution in [0, 0.1) is 0 Å². The third-order valence-corrected chi connectivity index (χ3v) is 19.8. The van der Waals surface area contributed by atoms with E-state index in [9.17, 15) is 0 Å². The van der Waals surface area contributed by atoms with Crippen LogP contribution in [-0.2, 0) is 0 Å². The minimum atomic E-state index is 1.08. The van der Waals surface area contributed by atoms with Gasteiger partial charge in [-0.1, -0.05) is 328 Å². The van der Waals surface area contributed by atoms with Crippen LogP contribution in [0.25, 0.3) is 143 Å². The fraction of sp³-hybridized carbons (Fsp3) is 0. The summed E-state index contributed by atoms with van der Waals surface area (Å²) in [5, 5.41) is 14.7. The van der Waals surface area contributed by atoms with Gasteiger partial charge in [0, 0.05) is 33.4 Å². The molecule has 2 nitrogen and oxygen atoms in total. The Balaban J connectivity index is 0.685. The fourth-order valence-electron chi connectivity index (χ4n) is 14.9. The van der Waals surface area contributed by atoms with Crippen molar-refractivity contribution in [3.63, 3.8) is 0 Å². The lowest BCUT2D eigenvalue weighted by atomic mass is 9.91. The molecule has 0 amide bonds. The Labute approximate surface area is 571 Å². The summed E-state index contributed by atoms with van der Waals surface area (Å²) in [5.74, 6) is 0. The third-order valence-electron chi connectivity index (χ3n) is 19.8. The van der Waals surface area contributed by atoms with Gasteiger partial charge in [-0.05, 0) is 187 Å². The van der Waals surface area contributed by atoms with Gasteiger partial charge in [-0.3, -0.25) is 0 Å². The van der Waals surface area contributed by atoms with E-state index in [2.05, 4.69) is 398 Å². The first kappa shape index (κ1) is 57.8. The maximum absolute atomic E-state index is 2.48. The molecule has 18 aromatic carbocycles. The van der Waals surface area contributed by atoms with Crippen molar-refractivity contribution in [1.82, 2.24) is 0 Å². The van der Waals surface area contributed by atoms with Crippen molar-refractivity contribution in [2.24, 2.45) is 0 Å². The molecule has 458 valence electrons. The normalized spacial score (nSPS) is 11.5. The fourth-order valence-corrected chi connectivity index (χ4v) is 14.9. The van der Waals surface area contributed by atoms with Gasteiger partial charge in [0.2, 0.25) is 0 Å². The topological polar surface area (TPSA) is 6.48 Å². The third kappa shape index (κ3) is 10.6. The molecule has 0 bridgehead atoms. The summed E-state index contributed by atoms with van der Waals surface area (Å²) in [6.45, 7) is 0. The second kappa shape index (κ2) is 24.8. The molecule has 0 aromatic heterocycles. The van der Waals surface area contributed by atoms with Crippen LogP contribution < -0.4 is 9.80 Å². The standard InChI is InChI=1S/C96H64N2/c1-4-19-65(20-5-1)67-35-37-70(38-36-67)73-53-58-83(59-54-73)98(92-34-17-16-29-85(92)75-23-8-3-9-24-75)94-64-81-50-48-77-26-11-13-31-87(77)96(81)91-62-79(55-60-89(91)94)74-45-43-69(44-46-74)68-39-41-71(42-40-68)72-51-56-82(57-52-72)97(84-28-18-27-78(61-84)66-21-6-2-7-22-66)93-63-80-49-47-76-25-10-12-30-86(76)95(80)90-33-15-14-32-88(90)93/h1-64H. The molecule has 0 unspecified atom stereocenters. The zero-order chi connectivity index (χ0) is 64.9. The van der Waals surface area contributed by atoms with E-state index in [1.807, 2.05) is 0 Å². The molecule has 18 rings (SSSR count). The van der Waals surface area contributed by atoms with Crippen LogP contribution in [0.15, 0.2) is 388 Å². The van der Waals surface area contributed by atoms with Crippen molar-refractivity contribution in [2.75, 3.05) is 9.80 Å². The van der Waals surface area contributed by atoms with E-state index in [4.69, 9.17) is 0 Å². The smallest absolute Gasteiger partial charge is 0.0546 e. The van der Waals surface area contributed by atoms with Gasteiger partial charge in [0.1, 0.15) is 0 Å². The molecule has 0 aliphatic carbocycles. The summed E-state index contributed by atoms with van der Waals surface area (Å²) in [7, 11) is 0. The summed E-state index contributed by atoms with van der Waals surface area (Å²) < 4.78 is 0. The van der Waals surface area contributed by atoms with Gasteiger partial charge in [-0.15, -0.1) is 0 Å². The molecule has 0 spiro atoms. The molecule has 0 saturated heterocycles. The Hall–Kier alpha value is -12.9. The molecule has 0 aliphatic heterocycles. The Morgan fingerprint density at radius 2 is 0.480 bits per heavy atom. The average molecular weight is 1250 g/mol. The number of hydrogen-bond donors (Lipinski definition) is 0. The van der Waals surface area contributed by atoms with Crippen LogP contribution >= 0.6 is 0 Å². The van der Waals surface area contributed by atoms with Gasteiger partial charge in [0.25, 0.3) is 0 Å². The first-order valence-electron chi connectivity index (χ1n) is 33.8. The van der Waals surface area contributed by atoms with Crippen molar-refractivity contribution in [3.8, 4) is 77.9 Å². The molecule has 0 atom stereocenters. The van der Waals surface area contributed by atoms with Gasteiger partial charge in [-0.2, -0.15) is 0 Å². The van der Waals surface area contributed by atoms with E-state index in [-0.39, 0.29) is 0 Å². The second-order valence-electron chi connectivity index (χ2n) is 25.5.